The van der Waals surface area contributed by atoms with Crippen molar-refractivity contribution in [1.29, 1.82) is 0 Å². The van der Waals surface area contributed by atoms with Gasteiger partial charge in [0.05, 0.1) is 0 Å². The number of hydrogen-bond acceptors (Lipinski definition) is 2. The number of nitrogens with one attached hydrogen (secondary N) is 1. The van der Waals surface area contributed by atoms with E-state index < -0.39 is 0 Å². The maximum absolute atomic E-state index is 12.7. The predicted octanol–water partition coefficient (Wildman–Crippen LogP) is 3.80. The number of Topliss-reactive ketones (excluding diaryl/α,β-unsaturated/α-hetero) is 1. The summed E-state index contributed by atoms with van der Waals surface area (Å²) in [7, 11) is 0. The Labute approximate surface area is 113 Å². The van der Waals surface area contributed by atoms with Crippen molar-refractivity contribution in [3.05, 3.63) is 0 Å². The van der Waals surface area contributed by atoms with Gasteiger partial charge in [0.15, 0.2) is 0 Å². The van der Waals surface area contributed by atoms with Gasteiger partial charge in [0.2, 0.25) is 0 Å². The van der Waals surface area contributed by atoms with E-state index in [0.717, 1.165) is 32.4 Å². The molecule has 2 atom stereocenters. The molecule has 0 spiro atoms. The van der Waals surface area contributed by atoms with E-state index in [1.165, 1.54) is 19.3 Å². The summed E-state index contributed by atoms with van der Waals surface area (Å²) in [5, 5.41) is 3.39. The van der Waals surface area contributed by atoms with Crippen LogP contribution in [0.25, 0.3) is 0 Å². The van der Waals surface area contributed by atoms with E-state index in [1.54, 1.807) is 0 Å². The van der Waals surface area contributed by atoms with E-state index in [4.69, 9.17) is 0 Å². The highest BCUT2D eigenvalue weighted by Crippen LogP contribution is 2.37. The van der Waals surface area contributed by atoms with E-state index >= 15 is 0 Å². The fourth-order valence-corrected chi connectivity index (χ4v) is 3.17. The summed E-state index contributed by atoms with van der Waals surface area (Å²) < 4.78 is 0. The van der Waals surface area contributed by atoms with Crippen LogP contribution in [-0.4, -0.2) is 18.9 Å². The Hall–Kier alpha value is -0.370. The fraction of sp³-hybridized carbons (Fsp3) is 0.938. The first-order chi connectivity index (χ1) is 8.56. The Morgan fingerprint density at radius 2 is 2.06 bits per heavy atom. The molecule has 0 aliphatic carbocycles. The van der Waals surface area contributed by atoms with Gasteiger partial charge in [0, 0.05) is 18.4 Å². The van der Waals surface area contributed by atoms with Crippen LogP contribution in [0, 0.1) is 17.3 Å². The molecule has 106 valence electrons. The van der Waals surface area contributed by atoms with Crippen molar-refractivity contribution in [3.8, 4) is 0 Å². The van der Waals surface area contributed by atoms with Crippen LogP contribution in [0.4, 0.5) is 0 Å². The molecule has 0 aromatic carbocycles. The molecule has 0 saturated carbocycles. The highest BCUT2D eigenvalue weighted by atomic mass is 16.1. The molecular weight excluding hydrogens is 222 g/mol. The minimum atomic E-state index is -0.0698. The number of rotatable bonds is 8. The van der Waals surface area contributed by atoms with Crippen molar-refractivity contribution >= 4 is 5.78 Å². The molecule has 2 heteroatoms. The standard InChI is InChI=1S/C16H31NO/c1-5-7-8-14(6-2)11-15(18)16(13(3)4)9-10-17-12-16/h13-14,17H,5-12H2,1-4H3. The molecule has 1 N–H and O–H groups in total. The smallest absolute Gasteiger partial charge is 0.140 e. The number of carbonyl (C=O) groups excluding carboxylic acids is 1. The molecule has 2 unspecified atom stereocenters. The quantitative estimate of drug-likeness (QED) is 0.713. The van der Waals surface area contributed by atoms with Gasteiger partial charge in [-0.25, -0.2) is 0 Å². The zero-order valence-electron chi connectivity index (χ0n) is 12.7. The second-order valence-electron chi connectivity index (χ2n) is 6.28. The van der Waals surface area contributed by atoms with Crippen LogP contribution in [0.3, 0.4) is 0 Å². The lowest BCUT2D eigenvalue weighted by atomic mass is 9.70. The highest BCUT2D eigenvalue weighted by Gasteiger charge is 2.43. The lowest BCUT2D eigenvalue weighted by Crippen LogP contribution is -2.39. The Balaban J connectivity index is 2.61. The number of unbranched alkanes of at least 4 members (excludes halogenated alkanes) is 1. The normalized spacial score (nSPS) is 25.6. The highest BCUT2D eigenvalue weighted by molar-refractivity contribution is 5.86. The summed E-state index contributed by atoms with van der Waals surface area (Å²) in [5.41, 5.74) is -0.0698. The molecule has 0 radical (unpaired) electrons. The molecule has 1 rings (SSSR count). The predicted molar refractivity (Wildman–Crippen MR) is 77.7 cm³/mol. The summed E-state index contributed by atoms with van der Waals surface area (Å²) in [6, 6.07) is 0. The Kier molecular flexibility index (Phi) is 6.34. The van der Waals surface area contributed by atoms with Gasteiger partial charge in [0.1, 0.15) is 5.78 Å². The van der Waals surface area contributed by atoms with Gasteiger partial charge >= 0.3 is 0 Å². The number of hydrogen-bond donors (Lipinski definition) is 1. The van der Waals surface area contributed by atoms with Crippen molar-refractivity contribution in [3.63, 3.8) is 0 Å². The average Bonchev–Trinajstić information content (AvgIpc) is 2.84. The molecular formula is C16H31NO. The van der Waals surface area contributed by atoms with Gasteiger partial charge in [-0.05, 0) is 24.8 Å². The van der Waals surface area contributed by atoms with Crippen LogP contribution in [0.15, 0.2) is 0 Å². The molecule has 0 aromatic rings. The molecule has 0 amide bonds. The second-order valence-corrected chi connectivity index (χ2v) is 6.28. The van der Waals surface area contributed by atoms with E-state index in [9.17, 15) is 4.79 Å². The molecule has 1 saturated heterocycles. The Bertz CT molecular complexity index is 254. The topological polar surface area (TPSA) is 29.1 Å². The monoisotopic (exact) mass is 253 g/mol. The first-order valence-electron chi connectivity index (χ1n) is 7.80. The SMILES string of the molecule is CCCCC(CC)CC(=O)C1(C(C)C)CCNC1. The fourth-order valence-electron chi connectivity index (χ4n) is 3.17. The third-order valence-electron chi connectivity index (χ3n) is 4.87. The molecule has 18 heavy (non-hydrogen) atoms. The zero-order chi connectivity index (χ0) is 13.6. The average molecular weight is 253 g/mol. The van der Waals surface area contributed by atoms with Gasteiger partial charge in [-0.15, -0.1) is 0 Å². The Morgan fingerprint density at radius 3 is 2.50 bits per heavy atom. The molecule has 1 fully saturated rings. The summed E-state index contributed by atoms with van der Waals surface area (Å²) in [6.07, 6.45) is 6.71. The van der Waals surface area contributed by atoms with Crippen LogP contribution in [-0.2, 0) is 4.79 Å². The molecule has 0 bridgehead atoms. The van der Waals surface area contributed by atoms with Crippen LogP contribution >= 0.6 is 0 Å². The van der Waals surface area contributed by atoms with E-state index in [2.05, 4.69) is 33.0 Å². The van der Waals surface area contributed by atoms with E-state index in [-0.39, 0.29) is 5.41 Å². The molecule has 2 nitrogen and oxygen atoms in total. The number of carbonyl (C=O) groups is 1. The third kappa shape index (κ3) is 3.57. The van der Waals surface area contributed by atoms with Crippen molar-refractivity contribution in [1.82, 2.24) is 5.32 Å². The minimum absolute atomic E-state index is 0.0698. The maximum Gasteiger partial charge on any atom is 0.140 e. The van der Waals surface area contributed by atoms with Gasteiger partial charge < -0.3 is 5.32 Å². The first kappa shape index (κ1) is 15.7. The lowest BCUT2D eigenvalue weighted by Gasteiger charge is -2.32. The van der Waals surface area contributed by atoms with Crippen molar-refractivity contribution in [2.75, 3.05) is 13.1 Å². The number of ketones is 1. The first-order valence-corrected chi connectivity index (χ1v) is 7.80. The van der Waals surface area contributed by atoms with Crippen molar-refractivity contribution in [2.24, 2.45) is 17.3 Å². The van der Waals surface area contributed by atoms with Crippen LogP contribution in [0.5, 0.6) is 0 Å². The van der Waals surface area contributed by atoms with Crippen molar-refractivity contribution in [2.45, 2.75) is 66.2 Å². The van der Waals surface area contributed by atoms with Crippen LogP contribution in [0.1, 0.15) is 66.2 Å². The van der Waals surface area contributed by atoms with E-state index in [0.29, 0.717) is 17.6 Å². The van der Waals surface area contributed by atoms with E-state index in [1.807, 2.05) is 0 Å². The third-order valence-corrected chi connectivity index (χ3v) is 4.87. The largest absolute Gasteiger partial charge is 0.316 e. The summed E-state index contributed by atoms with van der Waals surface area (Å²) in [5.74, 6) is 1.59. The Morgan fingerprint density at radius 1 is 1.33 bits per heavy atom. The zero-order valence-corrected chi connectivity index (χ0v) is 12.7. The summed E-state index contributed by atoms with van der Waals surface area (Å²) in [4.78, 5) is 12.7. The van der Waals surface area contributed by atoms with Crippen LogP contribution < -0.4 is 5.32 Å². The molecule has 1 heterocycles. The molecule has 1 aliphatic heterocycles. The van der Waals surface area contributed by atoms with Gasteiger partial charge in [0.25, 0.3) is 0 Å². The second kappa shape index (κ2) is 7.28. The van der Waals surface area contributed by atoms with Crippen LogP contribution in [0.2, 0.25) is 0 Å². The minimum Gasteiger partial charge on any atom is -0.316 e. The molecule has 0 aromatic heterocycles. The van der Waals surface area contributed by atoms with Gasteiger partial charge in [-0.2, -0.15) is 0 Å². The summed E-state index contributed by atoms with van der Waals surface area (Å²) in [6.45, 7) is 10.8. The lowest BCUT2D eigenvalue weighted by molar-refractivity contribution is -0.131. The van der Waals surface area contributed by atoms with Crippen molar-refractivity contribution < 1.29 is 4.79 Å². The molecule has 1 aliphatic rings. The summed E-state index contributed by atoms with van der Waals surface area (Å²) >= 11 is 0. The van der Waals surface area contributed by atoms with Gasteiger partial charge in [-0.3, -0.25) is 4.79 Å². The maximum atomic E-state index is 12.7. The van der Waals surface area contributed by atoms with Gasteiger partial charge in [-0.1, -0.05) is 53.4 Å².